The average Bonchev–Trinajstić information content (AvgIpc) is 2.49. The fraction of sp³-hybridized carbons (Fsp3) is 0.0556. The van der Waals surface area contributed by atoms with E-state index >= 15 is 0 Å². The monoisotopic (exact) mass is 258 g/mol. The molecule has 3 aromatic rings. The van der Waals surface area contributed by atoms with Crippen molar-refractivity contribution in [2.24, 2.45) is 0 Å². The zero-order valence-electron chi connectivity index (χ0n) is 11.0. The zero-order chi connectivity index (χ0) is 13.9. The normalized spacial score (nSPS) is 10.3. The molecule has 0 spiro atoms. The topological polar surface area (TPSA) is 49.8 Å². The van der Waals surface area contributed by atoms with Crippen molar-refractivity contribution in [2.75, 3.05) is 5.73 Å². The van der Waals surface area contributed by atoms with E-state index in [2.05, 4.69) is 36.4 Å². The van der Waals surface area contributed by atoms with E-state index in [-0.39, 0.29) is 0 Å². The number of anilines is 1. The molecule has 0 aliphatic rings. The highest BCUT2D eigenvalue weighted by molar-refractivity contribution is 5.83. The minimum atomic E-state index is 0.537. The third kappa shape index (κ3) is 2.34. The van der Waals surface area contributed by atoms with E-state index in [1.807, 2.05) is 24.3 Å². The van der Waals surface area contributed by atoms with Crippen LogP contribution in [0.3, 0.4) is 0 Å². The van der Waals surface area contributed by atoms with Crippen LogP contribution in [0.4, 0.5) is 5.69 Å². The number of hydrogen-bond donors (Lipinski definition) is 1. The maximum Gasteiger partial charge on any atom is 0.101 e. The Labute approximate surface area is 118 Å². The van der Waals surface area contributed by atoms with Crippen LogP contribution in [0.1, 0.15) is 16.7 Å². The second-order valence-electron chi connectivity index (χ2n) is 4.89. The van der Waals surface area contributed by atoms with Gasteiger partial charge < -0.3 is 5.73 Å². The standard InChI is InChI=1S/C18H14N2/c19-12-17-11-14(6-8-18(17)20)9-13-5-7-15-3-1-2-4-16(15)10-13/h1-8,10-11H,9,20H2. The van der Waals surface area contributed by atoms with Gasteiger partial charge in [0.25, 0.3) is 0 Å². The van der Waals surface area contributed by atoms with Crippen LogP contribution in [-0.2, 0) is 6.42 Å². The van der Waals surface area contributed by atoms with Crippen LogP contribution in [0.25, 0.3) is 10.8 Å². The van der Waals surface area contributed by atoms with Crippen LogP contribution in [0.15, 0.2) is 60.7 Å². The minimum Gasteiger partial charge on any atom is -0.398 e. The molecule has 0 heterocycles. The van der Waals surface area contributed by atoms with Gasteiger partial charge in [0.2, 0.25) is 0 Å². The maximum absolute atomic E-state index is 9.02. The summed E-state index contributed by atoms with van der Waals surface area (Å²) in [6.45, 7) is 0. The predicted octanol–water partition coefficient (Wildman–Crippen LogP) is 3.88. The number of rotatable bonds is 2. The van der Waals surface area contributed by atoms with Crippen LogP contribution in [0.2, 0.25) is 0 Å². The van der Waals surface area contributed by atoms with Gasteiger partial charge in [0.15, 0.2) is 0 Å². The molecule has 0 aromatic heterocycles. The van der Waals surface area contributed by atoms with Crippen molar-refractivity contribution in [1.29, 1.82) is 5.26 Å². The van der Waals surface area contributed by atoms with Gasteiger partial charge in [-0.05, 0) is 40.5 Å². The number of fused-ring (bicyclic) bond motifs is 1. The molecule has 0 amide bonds. The number of nitrogens with zero attached hydrogens (tertiary/aromatic N) is 1. The molecule has 0 aliphatic carbocycles. The average molecular weight is 258 g/mol. The molecule has 0 aliphatic heterocycles. The Kier molecular flexibility index (Phi) is 3.10. The van der Waals surface area contributed by atoms with Crippen LogP contribution >= 0.6 is 0 Å². The van der Waals surface area contributed by atoms with Gasteiger partial charge in [-0.15, -0.1) is 0 Å². The predicted molar refractivity (Wildman–Crippen MR) is 82.3 cm³/mol. The second kappa shape index (κ2) is 5.07. The first-order valence-corrected chi connectivity index (χ1v) is 6.52. The fourth-order valence-electron chi connectivity index (χ4n) is 2.39. The van der Waals surface area contributed by atoms with Crippen molar-refractivity contribution in [2.45, 2.75) is 6.42 Å². The number of nitrogen functional groups attached to an aromatic ring is 1. The summed E-state index contributed by atoms with van der Waals surface area (Å²) >= 11 is 0. The lowest BCUT2D eigenvalue weighted by Gasteiger charge is -2.06. The first kappa shape index (κ1) is 12.3. The van der Waals surface area contributed by atoms with Crippen molar-refractivity contribution < 1.29 is 0 Å². The van der Waals surface area contributed by atoms with Gasteiger partial charge in [0, 0.05) is 5.69 Å². The molecule has 20 heavy (non-hydrogen) atoms. The highest BCUT2D eigenvalue weighted by Gasteiger charge is 2.02. The molecular formula is C18H14N2. The molecular weight excluding hydrogens is 244 g/mol. The van der Waals surface area contributed by atoms with Crippen LogP contribution in [0.5, 0.6) is 0 Å². The summed E-state index contributed by atoms with van der Waals surface area (Å²) in [6, 6.07) is 22.5. The van der Waals surface area contributed by atoms with E-state index < -0.39 is 0 Å². The zero-order valence-corrected chi connectivity index (χ0v) is 11.0. The Morgan fingerprint density at radius 1 is 0.850 bits per heavy atom. The molecule has 2 heteroatoms. The largest absolute Gasteiger partial charge is 0.398 e. The Hall–Kier alpha value is -2.79. The molecule has 0 radical (unpaired) electrons. The molecule has 2 N–H and O–H groups in total. The van der Waals surface area contributed by atoms with Crippen LogP contribution in [0, 0.1) is 11.3 Å². The molecule has 0 fully saturated rings. The van der Waals surface area contributed by atoms with Crippen molar-refractivity contribution >= 4 is 16.5 Å². The highest BCUT2D eigenvalue weighted by atomic mass is 14.6. The van der Waals surface area contributed by atoms with Crippen molar-refractivity contribution in [1.82, 2.24) is 0 Å². The molecule has 0 bridgehead atoms. The van der Waals surface area contributed by atoms with Crippen molar-refractivity contribution in [3.63, 3.8) is 0 Å². The van der Waals surface area contributed by atoms with Crippen molar-refractivity contribution in [3.8, 4) is 6.07 Å². The third-order valence-electron chi connectivity index (χ3n) is 3.46. The lowest BCUT2D eigenvalue weighted by Crippen LogP contribution is -1.94. The molecule has 3 aromatic carbocycles. The van der Waals surface area contributed by atoms with E-state index in [1.54, 1.807) is 6.07 Å². The quantitative estimate of drug-likeness (QED) is 0.709. The molecule has 96 valence electrons. The van der Waals surface area contributed by atoms with Crippen LogP contribution in [-0.4, -0.2) is 0 Å². The Bertz CT molecular complexity index is 813. The van der Waals surface area contributed by atoms with Gasteiger partial charge in [-0.1, -0.05) is 48.5 Å². The number of benzene rings is 3. The molecule has 0 atom stereocenters. The number of nitrogens with two attached hydrogens (primary N) is 1. The van der Waals surface area contributed by atoms with E-state index in [4.69, 9.17) is 11.0 Å². The summed E-state index contributed by atoms with van der Waals surface area (Å²) in [7, 11) is 0. The highest BCUT2D eigenvalue weighted by Crippen LogP contribution is 2.20. The number of hydrogen-bond acceptors (Lipinski definition) is 2. The van der Waals surface area contributed by atoms with Crippen LogP contribution < -0.4 is 5.73 Å². The summed E-state index contributed by atoms with van der Waals surface area (Å²) in [5.74, 6) is 0. The van der Waals surface area contributed by atoms with Gasteiger partial charge in [-0.3, -0.25) is 0 Å². The van der Waals surface area contributed by atoms with E-state index in [1.165, 1.54) is 16.3 Å². The van der Waals surface area contributed by atoms with E-state index in [0.29, 0.717) is 11.3 Å². The van der Waals surface area contributed by atoms with Gasteiger partial charge in [-0.2, -0.15) is 5.26 Å². The maximum atomic E-state index is 9.02. The lowest BCUT2D eigenvalue weighted by molar-refractivity contribution is 1.20. The van der Waals surface area contributed by atoms with E-state index in [0.717, 1.165) is 12.0 Å². The first-order chi connectivity index (χ1) is 9.76. The Morgan fingerprint density at radius 2 is 1.55 bits per heavy atom. The minimum absolute atomic E-state index is 0.537. The molecule has 2 nitrogen and oxygen atoms in total. The fourth-order valence-corrected chi connectivity index (χ4v) is 2.39. The van der Waals surface area contributed by atoms with Crippen molar-refractivity contribution in [3.05, 3.63) is 77.4 Å². The molecule has 0 saturated carbocycles. The smallest absolute Gasteiger partial charge is 0.101 e. The number of nitriles is 1. The molecule has 0 unspecified atom stereocenters. The summed E-state index contributed by atoms with van der Waals surface area (Å²) in [4.78, 5) is 0. The lowest BCUT2D eigenvalue weighted by atomic mass is 9.99. The summed E-state index contributed by atoms with van der Waals surface area (Å²) < 4.78 is 0. The summed E-state index contributed by atoms with van der Waals surface area (Å²) in [5, 5.41) is 11.5. The SMILES string of the molecule is N#Cc1cc(Cc2ccc3ccccc3c2)ccc1N. The Balaban J connectivity index is 1.95. The van der Waals surface area contributed by atoms with Gasteiger partial charge in [-0.25, -0.2) is 0 Å². The Morgan fingerprint density at radius 3 is 2.35 bits per heavy atom. The van der Waals surface area contributed by atoms with Gasteiger partial charge in [0.1, 0.15) is 6.07 Å². The third-order valence-corrected chi connectivity index (χ3v) is 3.46. The van der Waals surface area contributed by atoms with Gasteiger partial charge in [0.05, 0.1) is 5.56 Å². The molecule has 0 saturated heterocycles. The first-order valence-electron chi connectivity index (χ1n) is 6.52. The molecule has 3 rings (SSSR count). The summed E-state index contributed by atoms with van der Waals surface area (Å²) in [5.41, 5.74) is 9.16. The summed E-state index contributed by atoms with van der Waals surface area (Å²) in [6.07, 6.45) is 0.805. The van der Waals surface area contributed by atoms with Gasteiger partial charge >= 0.3 is 0 Å². The van der Waals surface area contributed by atoms with E-state index in [9.17, 15) is 0 Å². The second-order valence-corrected chi connectivity index (χ2v) is 4.89.